The smallest absolute Gasteiger partial charge is 0.131 e. The number of hydrogen-bond donors (Lipinski definition) is 0. The summed E-state index contributed by atoms with van der Waals surface area (Å²) in [5, 5.41) is 0. The van der Waals surface area contributed by atoms with Crippen LogP contribution in [0.25, 0.3) is 0 Å². The van der Waals surface area contributed by atoms with Crippen molar-refractivity contribution in [1.29, 1.82) is 0 Å². The van der Waals surface area contributed by atoms with E-state index in [4.69, 9.17) is 0 Å². The van der Waals surface area contributed by atoms with E-state index >= 15 is 0 Å². The highest BCUT2D eigenvalue weighted by molar-refractivity contribution is 5.57. The molecule has 0 amide bonds. The van der Waals surface area contributed by atoms with Crippen LogP contribution in [-0.4, -0.2) is 6.29 Å². The summed E-state index contributed by atoms with van der Waals surface area (Å²) in [5.41, 5.74) is 6.03. The van der Waals surface area contributed by atoms with Crippen LogP contribution in [0.15, 0.2) is 6.07 Å². The van der Waals surface area contributed by atoms with Crippen LogP contribution >= 0.6 is 0 Å². The molecule has 0 N–H and O–H groups in total. The van der Waals surface area contributed by atoms with Gasteiger partial charge < -0.3 is 4.79 Å². The molecule has 0 atom stereocenters. The molecule has 1 rings (SSSR count). The van der Waals surface area contributed by atoms with Gasteiger partial charge in [-0.2, -0.15) is 0 Å². The molecule has 0 bridgehead atoms. The minimum Gasteiger partial charge on any atom is -0.302 e. The average Bonchev–Trinajstić information content (AvgIpc) is 2.20. The van der Waals surface area contributed by atoms with E-state index in [1.807, 2.05) is 0 Å². The van der Waals surface area contributed by atoms with E-state index in [1.54, 1.807) is 0 Å². The van der Waals surface area contributed by atoms with E-state index in [-0.39, 0.29) is 0 Å². The lowest BCUT2D eigenvalue weighted by molar-refractivity contribution is -0.107. The van der Waals surface area contributed by atoms with Crippen LogP contribution < -0.4 is 0 Å². The fourth-order valence-electron chi connectivity index (χ4n) is 1.59. The number of aldehydes is 1. The molecule has 0 saturated carbocycles. The third-order valence-corrected chi connectivity index (χ3v) is 2.76. The van der Waals surface area contributed by atoms with Gasteiger partial charge in [0.1, 0.15) is 6.29 Å². The Bertz CT molecular complexity index is 418. The second kappa shape index (κ2) is 4.79. The molecule has 0 unspecified atom stereocenters. The lowest BCUT2D eigenvalue weighted by Crippen LogP contribution is -1.95. The standard InChI is InChI=1S/C14H16O/c1-10-9-11(2)13(4)14(12(10)3)7-5-6-8-15/h8-9H,6H2,1-4H3. The number of carbonyl (C=O) groups excluding carboxylic acids is 1. The highest BCUT2D eigenvalue weighted by atomic mass is 16.1. The molecule has 1 aromatic rings. The number of carbonyl (C=O) groups is 1. The Morgan fingerprint density at radius 1 is 1.13 bits per heavy atom. The van der Waals surface area contributed by atoms with Gasteiger partial charge in [0.15, 0.2) is 0 Å². The Hall–Kier alpha value is -1.55. The van der Waals surface area contributed by atoms with Crippen LogP contribution in [0.4, 0.5) is 0 Å². The minimum absolute atomic E-state index is 0.311. The normalized spacial score (nSPS) is 9.33. The summed E-state index contributed by atoms with van der Waals surface area (Å²) in [6.45, 7) is 8.33. The summed E-state index contributed by atoms with van der Waals surface area (Å²) in [5.74, 6) is 5.95. The molecule has 0 heterocycles. The van der Waals surface area contributed by atoms with Crippen LogP contribution in [0.2, 0.25) is 0 Å². The van der Waals surface area contributed by atoms with E-state index in [0.29, 0.717) is 6.42 Å². The van der Waals surface area contributed by atoms with Crippen molar-refractivity contribution in [3.05, 3.63) is 33.9 Å². The Labute approximate surface area is 91.5 Å². The monoisotopic (exact) mass is 200 g/mol. The Morgan fingerprint density at radius 3 is 2.13 bits per heavy atom. The molecule has 0 aliphatic rings. The van der Waals surface area contributed by atoms with Crippen molar-refractivity contribution in [1.82, 2.24) is 0 Å². The first-order valence-corrected chi connectivity index (χ1v) is 5.07. The van der Waals surface area contributed by atoms with Crippen molar-refractivity contribution in [2.45, 2.75) is 34.1 Å². The van der Waals surface area contributed by atoms with Gasteiger partial charge in [0.25, 0.3) is 0 Å². The zero-order chi connectivity index (χ0) is 11.4. The molecular weight excluding hydrogens is 184 g/mol. The first-order chi connectivity index (χ1) is 7.07. The quantitative estimate of drug-likeness (QED) is 0.503. The number of hydrogen-bond acceptors (Lipinski definition) is 1. The maximum atomic E-state index is 10.2. The van der Waals surface area contributed by atoms with Crippen LogP contribution in [0, 0.1) is 39.5 Å². The van der Waals surface area contributed by atoms with Gasteiger partial charge in [-0.3, -0.25) is 0 Å². The van der Waals surface area contributed by atoms with Crippen LogP contribution in [0.3, 0.4) is 0 Å². The molecule has 78 valence electrons. The third kappa shape index (κ3) is 2.47. The summed E-state index contributed by atoms with van der Waals surface area (Å²) in [4.78, 5) is 10.2. The maximum Gasteiger partial charge on any atom is 0.131 e. The lowest BCUT2D eigenvalue weighted by atomic mass is 9.94. The highest BCUT2D eigenvalue weighted by Gasteiger charge is 2.05. The largest absolute Gasteiger partial charge is 0.302 e. The molecular formula is C14H16O. The van der Waals surface area contributed by atoms with Crippen LogP contribution in [-0.2, 0) is 4.79 Å². The molecule has 0 fully saturated rings. The maximum absolute atomic E-state index is 10.2. The fraction of sp³-hybridized carbons (Fsp3) is 0.357. The number of aryl methyl sites for hydroxylation is 2. The zero-order valence-corrected chi connectivity index (χ0v) is 9.77. The molecule has 1 heteroatoms. The molecule has 0 spiro atoms. The molecule has 0 saturated heterocycles. The average molecular weight is 200 g/mol. The lowest BCUT2D eigenvalue weighted by Gasteiger charge is -2.10. The van der Waals surface area contributed by atoms with Crippen molar-refractivity contribution in [2.75, 3.05) is 0 Å². The first-order valence-electron chi connectivity index (χ1n) is 5.07. The Balaban J connectivity index is 3.28. The molecule has 0 aromatic heterocycles. The van der Waals surface area contributed by atoms with E-state index in [1.165, 1.54) is 22.3 Å². The van der Waals surface area contributed by atoms with Crippen molar-refractivity contribution in [2.24, 2.45) is 0 Å². The summed E-state index contributed by atoms with van der Waals surface area (Å²) in [7, 11) is 0. The molecule has 1 nitrogen and oxygen atoms in total. The van der Waals surface area contributed by atoms with Gasteiger partial charge in [0.05, 0.1) is 6.42 Å². The second-order valence-electron chi connectivity index (χ2n) is 3.81. The van der Waals surface area contributed by atoms with Crippen molar-refractivity contribution < 1.29 is 4.79 Å². The molecule has 0 radical (unpaired) electrons. The Morgan fingerprint density at radius 2 is 1.67 bits per heavy atom. The predicted molar refractivity (Wildman–Crippen MR) is 62.9 cm³/mol. The van der Waals surface area contributed by atoms with Gasteiger partial charge in [-0.15, -0.1) is 0 Å². The number of benzene rings is 1. The summed E-state index contributed by atoms with van der Waals surface area (Å²) < 4.78 is 0. The van der Waals surface area contributed by atoms with Gasteiger partial charge in [-0.1, -0.05) is 17.9 Å². The SMILES string of the molecule is Cc1cc(C)c(C)c(C#CCC=O)c1C. The summed E-state index contributed by atoms with van der Waals surface area (Å²) >= 11 is 0. The molecule has 15 heavy (non-hydrogen) atoms. The molecule has 0 aliphatic carbocycles. The summed E-state index contributed by atoms with van der Waals surface area (Å²) in [6, 6.07) is 2.18. The topological polar surface area (TPSA) is 17.1 Å². The van der Waals surface area contributed by atoms with Gasteiger partial charge in [-0.25, -0.2) is 0 Å². The van der Waals surface area contributed by atoms with E-state index in [0.717, 1.165) is 11.8 Å². The van der Waals surface area contributed by atoms with Gasteiger partial charge >= 0.3 is 0 Å². The van der Waals surface area contributed by atoms with Gasteiger partial charge in [0, 0.05) is 5.56 Å². The molecule has 0 aliphatic heterocycles. The first kappa shape index (κ1) is 11.5. The van der Waals surface area contributed by atoms with Crippen LogP contribution in [0.1, 0.15) is 34.2 Å². The number of rotatable bonds is 1. The second-order valence-corrected chi connectivity index (χ2v) is 3.81. The van der Waals surface area contributed by atoms with Gasteiger partial charge in [0.2, 0.25) is 0 Å². The van der Waals surface area contributed by atoms with E-state index in [9.17, 15) is 4.79 Å². The fourth-order valence-corrected chi connectivity index (χ4v) is 1.59. The van der Waals surface area contributed by atoms with Crippen molar-refractivity contribution in [3.63, 3.8) is 0 Å². The van der Waals surface area contributed by atoms with Crippen LogP contribution in [0.5, 0.6) is 0 Å². The van der Waals surface area contributed by atoms with E-state index in [2.05, 4.69) is 45.6 Å². The summed E-state index contributed by atoms with van der Waals surface area (Å²) in [6.07, 6.45) is 1.15. The minimum atomic E-state index is 0.311. The third-order valence-electron chi connectivity index (χ3n) is 2.76. The van der Waals surface area contributed by atoms with Crippen molar-refractivity contribution in [3.8, 4) is 11.8 Å². The predicted octanol–water partition coefficient (Wildman–Crippen LogP) is 2.86. The molecule has 1 aromatic carbocycles. The van der Waals surface area contributed by atoms with E-state index < -0.39 is 0 Å². The zero-order valence-electron chi connectivity index (χ0n) is 9.77. The Kier molecular flexibility index (Phi) is 3.68. The van der Waals surface area contributed by atoms with Crippen molar-refractivity contribution >= 4 is 6.29 Å². The highest BCUT2D eigenvalue weighted by Crippen LogP contribution is 2.20. The van der Waals surface area contributed by atoms with Gasteiger partial charge in [-0.05, 0) is 49.9 Å².